The third-order valence-corrected chi connectivity index (χ3v) is 3.80. The summed E-state index contributed by atoms with van der Waals surface area (Å²) in [7, 11) is 0. The molecule has 5 heteroatoms. The van der Waals surface area contributed by atoms with Gasteiger partial charge in [-0.25, -0.2) is 0 Å². The van der Waals surface area contributed by atoms with Gasteiger partial charge in [0.05, 0.1) is 0 Å². The zero-order valence-electron chi connectivity index (χ0n) is 11.7. The Morgan fingerprint density at radius 3 is 2.85 bits per heavy atom. The first-order chi connectivity index (χ1) is 9.35. The summed E-state index contributed by atoms with van der Waals surface area (Å²) in [5.74, 6) is -0.147. The van der Waals surface area contributed by atoms with Gasteiger partial charge in [0.1, 0.15) is 6.04 Å². The Morgan fingerprint density at radius 2 is 2.25 bits per heavy atom. The van der Waals surface area contributed by atoms with Gasteiger partial charge < -0.3 is 10.6 Å². The second-order valence-electron chi connectivity index (χ2n) is 5.84. The van der Waals surface area contributed by atoms with E-state index in [-0.39, 0.29) is 23.4 Å². The number of benzene rings is 1. The van der Waals surface area contributed by atoms with Gasteiger partial charge in [-0.05, 0) is 44.4 Å². The normalized spacial score (nSPS) is 18.8. The summed E-state index contributed by atoms with van der Waals surface area (Å²) in [6.45, 7) is 3.98. The van der Waals surface area contributed by atoms with Gasteiger partial charge in [-0.15, -0.1) is 0 Å². The van der Waals surface area contributed by atoms with E-state index in [1.54, 1.807) is 0 Å². The van der Waals surface area contributed by atoms with Crippen LogP contribution in [0, 0.1) is 0 Å². The Labute approximate surface area is 127 Å². The largest absolute Gasteiger partial charge is 0.349 e. The van der Waals surface area contributed by atoms with Gasteiger partial charge in [0.15, 0.2) is 0 Å². The first kappa shape index (κ1) is 15.0. The average molecular weight is 339 g/mol. The van der Waals surface area contributed by atoms with Crippen molar-refractivity contribution in [1.29, 1.82) is 0 Å². The molecule has 0 aromatic heterocycles. The fraction of sp³-hybridized carbons (Fsp3) is 0.467. The molecule has 2 N–H and O–H groups in total. The first-order valence-corrected chi connectivity index (χ1v) is 7.51. The minimum Gasteiger partial charge on any atom is -0.349 e. The predicted molar refractivity (Wildman–Crippen MR) is 81.2 cm³/mol. The molecule has 1 heterocycles. The van der Waals surface area contributed by atoms with Crippen LogP contribution in [0.1, 0.15) is 32.3 Å². The highest BCUT2D eigenvalue weighted by Gasteiger charge is 2.30. The van der Waals surface area contributed by atoms with Crippen molar-refractivity contribution in [3.8, 4) is 0 Å². The lowest BCUT2D eigenvalue weighted by atomic mass is 9.94. The van der Waals surface area contributed by atoms with Crippen molar-refractivity contribution in [3.63, 3.8) is 0 Å². The van der Waals surface area contributed by atoms with Crippen molar-refractivity contribution in [2.24, 2.45) is 0 Å². The summed E-state index contributed by atoms with van der Waals surface area (Å²) in [5.41, 5.74) is 0.797. The SMILES string of the molecule is CC(C)(Cc1cccc(Br)c1)NC(=O)[C@@H]1CCC(=O)N1. The van der Waals surface area contributed by atoms with E-state index in [0.29, 0.717) is 12.8 Å². The number of carbonyl (C=O) groups excluding carboxylic acids is 2. The van der Waals surface area contributed by atoms with E-state index in [4.69, 9.17) is 0 Å². The fourth-order valence-electron chi connectivity index (χ4n) is 2.43. The number of carbonyl (C=O) groups is 2. The molecule has 2 amide bonds. The average Bonchev–Trinajstić information content (AvgIpc) is 2.74. The third kappa shape index (κ3) is 4.07. The van der Waals surface area contributed by atoms with Crippen LogP contribution >= 0.6 is 15.9 Å². The molecule has 1 aliphatic heterocycles. The Kier molecular flexibility index (Phi) is 4.48. The minimum absolute atomic E-state index is 0.0463. The van der Waals surface area contributed by atoms with E-state index in [1.807, 2.05) is 38.1 Å². The Balaban J connectivity index is 1.96. The molecule has 4 nitrogen and oxygen atoms in total. The third-order valence-electron chi connectivity index (χ3n) is 3.31. The summed E-state index contributed by atoms with van der Waals surface area (Å²) in [4.78, 5) is 23.3. The van der Waals surface area contributed by atoms with Crippen LogP contribution in [0.15, 0.2) is 28.7 Å². The van der Waals surface area contributed by atoms with E-state index in [1.165, 1.54) is 0 Å². The zero-order valence-corrected chi connectivity index (χ0v) is 13.3. The van der Waals surface area contributed by atoms with Crippen molar-refractivity contribution in [2.75, 3.05) is 0 Å². The molecule has 1 fully saturated rings. The van der Waals surface area contributed by atoms with Crippen molar-refractivity contribution in [2.45, 2.75) is 44.7 Å². The molecular formula is C15H19BrN2O2. The van der Waals surface area contributed by atoms with Crippen LogP contribution in [0.3, 0.4) is 0 Å². The lowest BCUT2D eigenvalue weighted by Crippen LogP contribution is -2.51. The summed E-state index contributed by atoms with van der Waals surface area (Å²) in [5, 5.41) is 5.71. The standard InChI is InChI=1S/C15H19BrN2O2/c1-15(2,9-10-4-3-5-11(16)8-10)18-14(20)12-6-7-13(19)17-12/h3-5,8,12H,6-7,9H2,1-2H3,(H,17,19)(H,18,20)/t12-/m0/s1. The Morgan fingerprint density at radius 1 is 1.50 bits per heavy atom. The molecule has 108 valence electrons. The van der Waals surface area contributed by atoms with Crippen molar-refractivity contribution < 1.29 is 9.59 Å². The van der Waals surface area contributed by atoms with E-state index in [0.717, 1.165) is 16.5 Å². The molecule has 1 aromatic carbocycles. The predicted octanol–water partition coefficient (Wildman–Crippen LogP) is 2.17. The van der Waals surface area contributed by atoms with Crippen LogP contribution in [0.5, 0.6) is 0 Å². The molecule has 0 aliphatic carbocycles. The minimum atomic E-state index is -0.385. The Hall–Kier alpha value is -1.36. The maximum atomic E-state index is 12.1. The molecular weight excluding hydrogens is 320 g/mol. The van der Waals surface area contributed by atoms with Gasteiger partial charge in [-0.1, -0.05) is 28.1 Å². The molecule has 0 unspecified atom stereocenters. The Bertz CT molecular complexity index is 528. The van der Waals surface area contributed by atoms with Crippen LogP contribution in [0.2, 0.25) is 0 Å². The summed E-state index contributed by atoms with van der Waals surface area (Å²) >= 11 is 3.45. The zero-order chi connectivity index (χ0) is 14.8. The lowest BCUT2D eigenvalue weighted by molar-refractivity contribution is -0.126. The van der Waals surface area contributed by atoms with Crippen molar-refractivity contribution in [1.82, 2.24) is 10.6 Å². The molecule has 0 saturated carbocycles. The molecule has 1 atom stereocenters. The van der Waals surface area contributed by atoms with Crippen LogP contribution in [-0.2, 0) is 16.0 Å². The summed E-state index contributed by atoms with van der Waals surface area (Å²) < 4.78 is 1.03. The fourth-order valence-corrected chi connectivity index (χ4v) is 2.88. The monoisotopic (exact) mass is 338 g/mol. The maximum absolute atomic E-state index is 12.1. The highest BCUT2D eigenvalue weighted by molar-refractivity contribution is 9.10. The molecule has 20 heavy (non-hydrogen) atoms. The molecule has 1 saturated heterocycles. The summed E-state index contributed by atoms with van der Waals surface area (Å²) in [6, 6.07) is 7.66. The van der Waals surface area contributed by atoms with Gasteiger partial charge in [0, 0.05) is 16.4 Å². The molecule has 1 aliphatic rings. The summed E-state index contributed by atoms with van der Waals surface area (Å²) in [6.07, 6.45) is 1.75. The second-order valence-corrected chi connectivity index (χ2v) is 6.75. The van der Waals surface area contributed by atoms with Crippen LogP contribution in [0.25, 0.3) is 0 Å². The first-order valence-electron chi connectivity index (χ1n) is 6.71. The van der Waals surface area contributed by atoms with Crippen LogP contribution in [0.4, 0.5) is 0 Å². The second kappa shape index (κ2) is 5.95. The van der Waals surface area contributed by atoms with E-state index >= 15 is 0 Å². The van der Waals surface area contributed by atoms with E-state index in [2.05, 4.69) is 26.6 Å². The van der Waals surface area contributed by atoms with Gasteiger partial charge >= 0.3 is 0 Å². The van der Waals surface area contributed by atoms with E-state index in [9.17, 15) is 9.59 Å². The highest BCUT2D eigenvalue weighted by Crippen LogP contribution is 2.18. The van der Waals surface area contributed by atoms with Gasteiger partial charge in [0.25, 0.3) is 0 Å². The number of amides is 2. The molecule has 0 bridgehead atoms. The number of hydrogen-bond acceptors (Lipinski definition) is 2. The lowest BCUT2D eigenvalue weighted by Gasteiger charge is -2.28. The van der Waals surface area contributed by atoms with Gasteiger partial charge in [-0.3, -0.25) is 9.59 Å². The van der Waals surface area contributed by atoms with Gasteiger partial charge in [0.2, 0.25) is 11.8 Å². The van der Waals surface area contributed by atoms with Gasteiger partial charge in [-0.2, -0.15) is 0 Å². The maximum Gasteiger partial charge on any atom is 0.243 e. The number of rotatable bonds is 4. The number of hydrogen-bond donors (Lipinski definition) is 2. The highest BCUT2D eigenvalue weighted by atomic mass is 79.9. The van der Waals surface area contributed by atoms with E-state index < -0.39 is 0 Å². The number of halogens is 1. The van der Waals surface area contributed by atoms with Crippen LogP contribution < -0.4 is 10.6 Å². The molecule has 2 rings (SSSR count). The molecule has 0 spiro atoms. The van der Waals surface area contributed by atoms with Crippen LogP contribution in [-0.4, -0.2) is 23.4 Å². The quantitative estimate of drug-likeness (QED) is 0.883. The number of nitrogens with one attached hydrogen (secondary N) is 2. The smallest absolute Gasteiger partial charge is 0.243 e. The molecule has 1 aromatic rings. The van der Waals surface area contributed by atoms with Crippen molar-refractivity contribution in [3.05, 3.63) is 34.3 Å². The van der Waals surface area contributed by atoms with Crippen molar-refractivity contribution >= 4 is 27.7 Å². The topological polar surface area (TPSA) is 58.2 Å². The molecule has 0 radical (unpaired) electrons.